The molecule has 0 spiro atoms. The molecule has 27 heavy (non-hydrogen) atoms. The van der Waals surface area contributed by atoms with Gasteiger partial charge in [0.1, 0.15) is 17.1 Å². The van der Waals surface area contributed by atoms with Crippen molar-refractivity contribution >= 4 is 11.9 Å². The molecule has 2 aromatic carbocycles. The highest BCUT2D eigenvalue weighted by molar-refractivity contribution is 6.07. The monoisotopic (exact) mass is 370 g/mol. The molecular formula is C21H23FN2O3. The van der Waals surface area contributed by atoms with E-state index in [1.165, 1.54) is 17.0 Å². The summed E-state index contributed by atoms with van der Waals surface area (Å²) in [5.41, 5.74) is 0.242. The maximum Gasteiger partial charge on any atom is 0.325 e. The third-order valence-electron chi connectivity index (χ3n) is 4.89. The van der Waals surface area contributed by atoms with Crippen LogP contribution in [0.4, 0.5) is 9.18 Å². The topological polar surface area (TPSA) is 58.6 Å². The first-order chi connectivity index (χ1) is 13.0. The average Bonchev–Trinajstić information content (AvgIpc) is 2.92. The number of carbonyl (C=O) groups is 2. The van der Waals surface area contributed by atoms with E-state index in [4.69, 9.17) is 4.74 Å². The molecule has 0 bridgehead atoms. The van der Waals surface area contributed by atoms with Crippen LogP contribution in [0, 0.1) is 5.82 Å². The first kappa shape index (κ1) is 18.9. The Kier molecular flexibility index (Phi) is 5.44. The number of rotatable bonds is 7. The predicted octanol–water partition coefficient (Wildman–Crippen LogP) is 3.97. The van der Waals surface area contributed by atoms with E-state index in [0.717, 1.165) is 18.4 Å². The van der Waals surface area contributed by atoms with E-state index in [1.54, 1.807) is 31.4 Å². The average molecular weight is 370 g/mol. The van der Waals surface area contributed by atoms with Crippen molar-refractivity contribution in [2.24, 2.45) is 0 Å². The maximum absolute atomic E-state index is 13.4. The molecule has 0 radical (unpaired) electrons. The molecule has 1 saturated heterocycles. The van der Waals surface area contributed by atoms with Crippen LogP contribution in [0.2, 0.25) is 0 Å². The van der Waals surface area contributed by atoms with Crippen molar-refractivity contribution < 1.29 is 18.7 Å². The lowest BCUT2D eigenvalue weighted by atomic mass is 9.84. The van der Waals surface area contributed by atoms with Gasteiger partial charge in [-0.15, -0.1) is 0 Å². The van der Waals surface area contributed by atoms with Crippen molar-refractivity contribution in [1.29, 1.82) is 0 Å². The van der Waals surface area contributed by atoms with E-state index >= 15 is 0 Å². The zero-order valence-corrected chi connectivity index (χ0v) is 15.5. The number of halogens is 1. The van der Waals surface area contributed by atoms with E-state index in [2.05, 4.69) is 5.32 Å². The lowest BCUT2D eigenvalue weighted by molar-refractivity contribution is -0.132. The van der Waals surface area contributed by atoms with Gasteiger partial charge >= 0.3 is 6.03 Å². The molecule has 1 aliphatic heterocycles. The summed E-state index contributed by atoms with van der Waals surface area (Å²) in [4.78, 5) is 27.2. The number of carbonyl (C=O) groups excluding carboxylic acids is 2. The number of nitrogens with one attached hydrogen (secondary N) is 1. The van der Waals surface area contributed by atoms with Crippen molar-refractivity contribution in [3.63, 3.8) is 0 Å². The SMILES string of the molecule is CCCC[C@]1(c2ccc(F)cc2)NC(=O)N(Cc2cccc(OC)c2)C1=O. The quantitative estimate of drug-likeness (QED) is 0.750. The third-order valence-corrected chi connectivity index (χ3v) is 4.89. The Morgan fingerprint density at radius 1 is 1.15 bits per heavy atom. The van der Waals surface area contributed by atoms with Gasteiger partial charge in [0.2, 0.25) is 0 Å². The number of imide groups is 1. The van der Waals surface area contributed by atoms with Gasteiger partial charge < -0.3 is 10.1 Å². The number of ether oxygens (including phenoxy) is 1. The number of unbranched alkanes of at least 4 members (excludes halogenated alkanes) is 1. The Labute approximate surface area is 158 Å². The van der Waals surface area contributed by atoms with Gasteiger partial charge in [0.25, 0.3) is 5.91 Å². The van der Waals surface area contributed by atoms with Crippen LogP contribution in [0.5, 0.6) is 5.75 Å². The van der Waals surface area contributed by atoms with Gasteiger partial charge in [0.05, 0.1) is 13.7 Å². The fourth-order valence-corrected chi connectivity index (χ4v) is 3.41. The molecule has 3 amide bonds. The van der Waals surface area contributed by atoms with Crippen molar-refractivity contribution in [3.05, 3.63) is 65.5 Å². The van der Waals surface area contributed by atoms with Crippen molar-refractivity contribution in [3.8, 4) is 5.75 Å². The van der Waals surface area contributed by atoms with E-state index < -0.39 is 11.6 Å². The largest absolute Gasteiger partial charge is 0.497 e. The Bertz CT molecular complexity index is 838. The second kappa shape index (κ2) is 7.78. The van der Waals surface area contributed by atoms with Gasteiger partial charge in [-0.2, -0.15) is 0 Å². The van der Waals surface area contributed by atoms with Gasteiger partial charge in [-0.05, 0) is 41.8 Å². The second-order valence-electron chi connectivity index (χ2n) is 6.69. The summed E-state index contributed by atoms with van der Waals surface area (Å²) >= 11 is 0. The number of nitrogens with zero attached hydrogens (tertiary/aromatic N) is 1. The predicted molar refractivity (Wildman–Crippen MR) is 99.7 cm³/mol. The number of hydrogen-bond acceptors (Lipinski definition) is 3. The number of amides is 3. The van der Waals surface area contributed by atoms with Gasteiger partial charge in [0.15, 0.2) is 0 Å². The number of urea groups is 1. The minimum Gasteiger partial charge on any atom is -0.497 e. The third kappa shape index (κ3) is 3.65. The highest BCUT2D eigenvalue weighted by atomic mass is 19.1. The molecule has 0 unspecified atom stereocenters. The van der Waals surface area contributed by atoms with E-state index in [1.807, 2.05) is 19.1 Å². The van der Waals surface area contributed by atoms with Crippen LogP contribution >= 0.6 is 0 Å². The van der Waals surface area contributed by atoms with Crippen molar-refractivity contribution in [2.45, 2.75) is 38.3 Å². The Balaban J connectivity index is 1.93. The van der Waals surface area contributed by atoms with Crippen LogP contribution in [0.15, 0.2) is 48.5 Å². The number of methoxy groups -OCH3 is 1. The maximum atomic E-state index is 13.4. The molecule has 1 N–H and O–H groups in total. The molecule has 142 valence electrons. The minimum absolute atomic E-state index is 0.150. The summed E-state index contributed by atoms with van der Waals surface area (Å²) in [6.45, 7) is 2.17. The fraction of sp³-hybridized carbons (Fsp3) is 0.333. The lowest BCUT2D eigenvalue weighted by Gasteiger charge is -2.27. The van der Waals surface area contributed by atoms with Crippen molar-refractivity contribution in [1.82, 2.24) is 10.2 Å². The molecule has 1 fully saturated rings. The van der Waals surface area contributed by atoms with Crippen molar-refractivity contribution in [2.75, 3.05) is 7.11 Å². The standard InChI is InChI=1S/C21H23FN2O3/c1-3-4-12-21(16-8-10-17(22)11-9-16)19(25)24(20(26)23-21)14-15-6-5-7-18(13-15)27-2/h5-11,13H,3-4,12,14H2,1-2H3,(H,23,26)/t21-/m1/s1. The molecule has 1 heterocycles. The Morgan fingerprint density at radius 2 is 1.89 bits per heavy atom. The number of hydrogen-bond donors (Lipinski definition) is 1. The van der Waals surface area contributed by atoms with Crippen LogP contribution in [0.25, 0.3) is 0 Å². The molecule has 1 aliphatic rings. The van der Waals surface area contributed by atoms with Gasteiger partial charge in [0, 0.05) is 0 Å². The van der Waals surface area contributed by atoms with Crippen LogP contribution in [0.1, 0.15) is 37.3 Å². The fourth-order valence-electron chi connectivity index (χ4n) is 3.41. The molecule has 0 aromatic heterocycles. The molecule has 1 atom stereocenters. The Hall–Kier alpha value is -2.89. The molecule has 3 rings (SSSR count). The summed E-state index contributed by atoms with van der Waals surface area (Å²) in [5.74, 6) is -0.0277. The normalized spacial score (nSPS) is 19.3. The molecule has 6 heteroatoms. The van der Waals surface area contributed by atoms with Gasteiger partial charge in [-0.25, -0.2) is 9.18 Å². The molecule has 2 aromatic rings. The molecule has 0 aliphatic carbocycles. The highest BCUT2D eigenvalue weighted by Crippen LogP contribution is 2.35. The first-order valence-corrected chi connectivity index (χ1v) is 9.03. The molecule has 5 nitrogen and oxygen atoms in total. The Morgan fingerprint density at radius 3 is 2.56 bits per heavy atom. The summed E-state index contributed by atoms with van der Waals surface area (Å²) in [6, 6.07) is 12.6. The van der Waals surface area contributed by atoms with Crippen LogP contribution < -0.4 is 10.1 Å². The summed E-state index contributed by atoms with van der Waals surface area (Å²) in [6.07, 6.45) is 2.10. The zero-order chi connectivity index (χ0) is 19.4. The van der Waals surface area contributed by atoms with E-state index in [-0.39, 0.29) is 18.3 Å². The summed E-state index contributed by atoms with van der Waals surface area (Å²) in [5, 5.41) is 2.87. The smallest absolute Gasteiger partial charge is 0.325 e. The van der Waals surface area contributed by atoms with E-state index in [9.17, 15) is 14.0 Å². The minimum atomic E-state index is -1.15. The zero-order valence-electron chi connectivity index (χ0n) is 15.5. The van der Waals surface area contributed by atoms with Gasteiger partial charge in [-0.1, -0.05) is 44.0 Å². The highest BCUT2D eigenvalue weighted by Gasteiger charge is 2.51. The molecule has 0 saturated carbocycles. The molecular weight excluding hydrogens is 347 g/mol. The van der Waals surface area contributed by atoms with Crippen LogP contribution in [-0.4, -0.2) is 23.9 Å². The summed E-state index contributed by atoms with van der Waals surface area (Å²) < 4.78 is 18.6. The van der Waals surface area contributed by atoms with E-state index in [0.29, 0.717) is 17.7 Å². The number of benzene rings is 2. The second-order valence-corrected chi connectivity index (χ2v) is 6.69. The first-order valence-electron chi connectivity index (χ1n) is 9.03. The van der Waals surface area contributed by atoms with Gasteiger partial charge in [-0.3, -0.25) is 9.69 Å². The summed E-state index contributed by atoms with van der Waals surface area (Å²) in [7, 11) is 1.57. The lowest BCUT2D eigenvalue weighted by Crippen LogP contribution is -2.44. The van der Waals surface area contributed by atoms with Crippen LogP contribution in [-0.2, 0) is 16.9 Å². The van der Waals surface area contributed by atoms with Crippen LogP contribution in [0.3, 0.4) is 0 Å².